The number of aryl methyl sites for hydroxylation is 1. The Morgan fingerprint density at radius 3 is 2.56 bits per heavy atom. The molecular formula is C13H13BrFN3. The maximum atomic E-state index is 13.3. The number of benzene rings is 1. The van der Waals surface area contributed by atoms with Crippen molar-refractivity contribution in [1.82, 2.24) is 9.97 Å². The van der Waals surface area contributed by atoms with Crippen LogP contribution in [-0.2, 0) is 6.42 Å². The zero-order chi connectivity index (χ0) is 13.3. The van der Waals surface area contributed by atoms with Gasteiger partial charge in [0.25, 0.3) is 0 Å². The van der Waals surface area contributed by atoms with Gasteiger partial charge in [-0.05, 0) is 31.5 Å². The summed E-state index contributed by atoms with van der Waals surface area (Å²) >= 11 is 3.25. The van der Waals surface area contributed by atoms with Crippen LogP contribution in [0.25, 0.3) is 11.4 Å². The van der Waals surface area contributed by atoms with Crippen LogP contribution in [0.15, 0.2) is 22.7 Å². The highest BCUT2D eigenvalue weighted by Crippen LogP contribution is 2.24. The zero-order valence-electron chi connectivity index (χ0n) is 10.2. The summed E-state index contributed by atoms with van der Waals surface area (Å²) in [6, 6.07) is 4.55. The standard InChI is InChI=1S/C13H13BrFN3/c1-3-11-7(2)17-13(18-12(11)16)8-4-9(14)6-10(15)5-8/h4-6H,3H2,1-2H3,(H2,16,17,18). The molecule has 1 heterocycles. The first-order valence-corrected chi connectivity index (χ1v) is 6.40. The third kappa shape index (κ3) is 2.51. The molecule has 0 atom stereocenters. The van der Waals surface area contributed by atoms with Crippen LogP contribution in [0.1, 0.15) is 18.2 Å². The Bertz CT molecular complexity index is 556. The van der Waals surface area contributed by atoms with Crippen LogP contribution in [0.2, 0.25) is 0 Å². The fourth-order valence-corrected chi connectivity index (χ4v) is 2.33. The molecule has 0 aliphatic carbocycles. The molecule has 18 heavy (non-hydrogen) atoms. The molecule has 5 heteroatoms. The van der Waals surface area contributed by atoms with Gasteiger partial charge in [-0.1, -0.05) is 22.9 Å². The van der Waals surface area contributed by atoms with E-state index in [0.29, 0.717) is 21.7 Å². The molecule has 3 nitrogen and oxygen atoms in total. The lowest BCUT2D eigenvalue weighted by atomic mass is 10.1. The van der Waals surface area contributed by atoms with Gasteiger partial charge in [-0.15, -0.1) is 0 Å². The Morgan fingerprint density at radius 1 is 1.28 bits per heavy atom. The molecule has 0 amide bonds. The first kappa shape index (κ1) is 13.0. The SMILES string of the molecule is CCc1c(C)nc(-c2cc(F)cc(Br)c2)nc1N. The highest BCUT2D eigenvalue weighted by atomic mass is 79.9. The third-order valence-electron chi connectivity index (χ3n) is 2.72. The lowest BCUT2D eigenvalue weighted by Gasteiger charge is -2.09. The largest absolute Gasteiger partial charge is 0.383 e. The van der Waals surface area contributed by atoms with Crippen molar-refractivity contribution in [3.05, 3.63) is 39.7 Å². The smallest absolute Gasteiger partial charge is 0.161 e. The van der Waals surface area contributed by atoms with Crippen molar-refractivity contribution >= 4 is 21.7 Å². The van der Waals surface area contributed by atoms with E-state index in [4.69, 9.17) is 5.73 Å². The van der Waals surface area contributed by atoms with Crippen LogP contribution in [-0.4, -0.2) is 9.97 Å². The summed E-state index contributed by atoms with van der Waals surface area (Å²) in [7, 11) is 0. The molecule has 0 aliphatic heterocycles. The van der Waals surface area contributed by atoms with Gasteiger partial charge in [-0.2, -0.15) is 0 Å². The first-order chi connectivity index (χ1) is 8.51. The monoisotopic (exact) mass is 309 g/mol. The van der Waals surface area contributed by atoms with Crippen LogP contribution in [0.3, 0.4) is 0 Å². The fourth-order valence-electron chi connectivity index (χ4n) is 1.87. The summed E-state index contributed by atoms with van der Waals surface area (Å²) < 4.78 is 14.0. The number of nitrogens with zero attached hydrogens (tertiary/aromatic N) is 2. The van der Waals surface area contributed by atoms with Crippen LogP contribution in [0.5, 0.6) is 0 Å². The van der Waals surface area contributed by atoms with Gasteiger partial charge < -0.3 is 5.73 Å². The molecule has 2 N–H and O–H groups in total. The number of hydrogen-bond donors (Lipinski definition) is 1. The summed E-state index contributed by atoms with van der Waals surface area (Å²) in [6.07, 6.45) is 0.783. The number of hydrogen-bond acceptors (Lipinski definition) is 3. The van der Waals surface area contributed by atoms with E-state index in [0.717, 1.165) is 17.7 Å². The highest BCUT2D eigenvalue weighted by molar-refractivity contribution is 9.10. The third-order valence-corrected chi connectivity index (χ3v) is 3.18. The maximum absolute atomic E-state index is 13.3. The van der Waals surface area contributed by atoms with Crippen LogP contribution < -0.4 is 5.73 Å². The number of rotatable bonds is 2. The predicted molar refractivity (Wildman–Crippen MR) is 73.7 cm³/mol. The quantitative estimate of drug-likeness (QED) is 0.923. The van der Waals surface area contributed by atoms with Crippen LogP contribution in [0.4, 0.5) is 10.2 Å². The molecule has 1 aromatic heterocycles. The summed E-state index contributed by atoms with van der Waals surface area (Å²) in [4.78, 5) is 8.62. The minimum Gasteiger partial charge on any atom is -0.383 e. The zero-order valence-corrected chi connectivity index (χ0v) is 11.8. The summed E-state index contributed by atoms with van der Waals surface area (Å²) in [5, 5.41) is 0. The maximum Gasteiger partial charge on any atom is 0.161 e. The molecule has 0 unspecified atom stereocenters. The molecule has 0 radical (unpaired) electrons. The normalized spacial score (nSPS) is 10.7. The second-order valence-corrected chi connectivity index (χ2v) is 4.92. The lowest BCUT2D eigenvalue weighted by Crippen LogP contribution is -2.04. The Hall–Kier alpha value is -1.49. The van der Waals surface area contributed by atoms with E-state index < -0.39 is 0 Å². The van der Waals surface area contributed by atoms with Crippen molar-refractivity contribution in [3.63, 3.8) is 0 Å². The van der Waals surface area contributed by atoms with Gasteiger partial charge in [-0.3, -0.25) is 0 Å². The molecular weight excluding hydrogens is 297 g/mol. The van der Waals surface area contributed by atoms with E-state index in [2.05, 4.69) is 25.9 Å². The van der Waals surface area contributed by atoms with Crippen molar-refractivity contribution in [2.24, 2.45) is 0 Å². The Balaban J connectivity index is 2.58. The number of aromatic nitrogens is 2. The molecule has 1 aromatic carbocycles. The summed E-state index contributed by atoms with van der Waals surface area (Å²) in [6.45, 7) is 3.88. The molecule has 2 rings (SSSR count). The van der Waals surface area contributed by atoms with E-state index >= 15 is 0 Å². The van der Waals surface area contributed by atoms with E-state index in [9.17, 15) is 4.39 Å². The number of anilines is 1. The second kappa shape index (κ2) is 5.02. The van der Waals surface area contributed by atoms with Crippen molar-refractivity contribution in [2.75, 3.05) is 5.73 Å². The molecule has 0 fully saturated rings. The van der Waals surface area contributed by atoms with Crippen LogP contribution in [0, 0.1) is 12.7 Å². The van der Waals surface area contributed by atoms with E-state index in [-0.39, 0.29) is 5.82 Å². The summed E-state index contributed by atoms with van der Waals surface area (Å²) in [5.41, 5.74) is 8.27. The Labute approximate surface area is 113 Å². The predicted octanol–water partition coefficient (Wildman–Crippen LogP) is 3.50. The summed E-state index contributed by atoms with van der Waals surface area (Å²) in [5.74, 6) is 0.571. The van der Waals surface area contributed by atoms with Crippen molar-refractivity contribution in [2.45, 2.75) is 20.3 Å². The molecule has 0 spiro atoms. The van der Waals surface area contributed by atoms with Gasteiger partial charge in [0.15, 0.2) is 5.82 Å². The van der Waals surface area contributed by atoms with Crippen molar-refractivity contribution < 1.29 is 4.39 Å². The number of nitrogen functional groups attached to an aromatic ring is 1. The number of halogens is 2. The van der Waals surface area contributed by atoms with Gasteiger partial charge in [-0.25, -0.2) is 14.4 Å². The van der Waals surface area contributed by atoms with Gasteiger partial charge in [0.2, 0.25) is 0 Å². The van der Waals surface area contributed by atoms with Crippen molar-refractivity contribution in [3.8, 4) is 11.4 Å². The lowest BCUT2D eigenvalue weighted by molar-refractivity contribution is 0.627. The van der Waals surface area contributed by atoms with Crippen molar-refractivity contribution in [1.29, 1.82) is 0 Å². The first-order valence-electron chi connectivity index (χ1n) is 5.60. The highest BCUT2D eigenvalue weighted by Gasteiger charge is 2.10. The molecule has 0 saturated heterocycles. The average Bonchev–Trinajstić information content (AvgIpc) is 2.27. The van der Waals surface area contributed by atoms with Crippen LogP contribution >= 0.6 is 15.9 Å². The molecule has 2 aromatic rings. The van der Waals surface area contributed by atoms with Gasteiger partial charge >= 0.3 is 0 Å². The van der Waals surface area contributed by atoms with Gasteiger partial charge in [0.05, 0.1) is 0 Å². The van der Waals surface area contributed by atoms with E-state index in [1.54, 1.807) is 6.07 Å². The molecule has 0 aliphatic rings. The van der Waals surface area contributed by atoms with Gasteiger partial charge in [0, 0.05) is 21.3 Å². The fraction of sp³-hybridized carbons (Fsp3) is 0.231. The topological polar surface area (TPSA) is 51.8 Å². The minimum atomic E-state index is -0.334. The van der Waals surface area contributed by atoms with Gasteiger partial charge in [0.1, 0.15) is 11.6 Å². The second-order valence-electron chi connectivity index (χ2n) is 4.01. The minimum absolute atomic E-state index is 0.334. The van der Waals surface area contributed by atoms with E-state index in [1.807, 2.05) is 13.8 Å². The molecule has 0 bridgehead atoms. The van der Waals surface area contributed by atoms with E-state index in [1.165, 1.54) is 12.1 Å². The Kier molecular flexibility index (Phi) is 3.61. The Morgan fingerprint density at radius 2 is 2.00 bits per heavy atom. The number of nitrogens with two attached hydrogens (primary N) is 1. The molecule has 0 saturated carbocycles. The molecule has 94 valence electrons. The average molecular weight is 310 g/mol.